The summed E-state index contributed by atoms with van der Waals surface area (Å²) in [5.74, 6) is 0.0981. The Labute approximate surface area is 140 Å². The summed E-state index contributed by atoms with van der Waals surface area (Å²) in [6.07, 6.45) is 24.2. The minimum absolute atomic E-state index is 0.0981. The van der Waals surface area contributed by atoms with Crippen molar-refractivity contribution in [2.75, 3.05) is 0 Å². The van der Waals surface area contributed by atoms with Crippen molar-refractivity contribution in [3.05, 3.63) is 12.3 Å². The fraction of sp³-hybridized carbons (Fsp3) is 0.905. The van der Waals surface area contributed by atoms with E-state index in [1.54, 1.807) is 0 Å². The maximum atomic E-state index is 10.7. The summed E-state index contributed by atoms with van der Waals surface area (Å²) >= 11 is 0. The summed E-state index contributed by atoms with van der Waals surface area (Å²) in [4.78, 5) is 0. The lowest BCUT2D eigenvalue weighted by atomic mass is 10.0. The molecule has 0 bridgehead atoms. The Bertz CT molecular complexity index is 222. The maximum absolute atomic E-state index is 10.7. The summed E-state index contributed by atoms with van der Waals surface area (Å²) in [7, 11) is 0. The van der Waals surface area contributed by atoms with Gasteiger partial charge in [0.05, 0.1) is 0 Å². The van der Waals surface area contributed by atoms with E-state index in [4.69, 9.17) is 0 Å². The second kappa shape index (κ2) is 18.6. The first-order valence-electron chi connectivity index (χ1n) is 10.1. The molecule has 0 rings (SSSR count). The average molecular weight is 310 g/mol. The van der Waals surface area contributed by atoms with Crippen LogP contribution in [0.15, 0.2) is 12.3 Å². The van der Waals surface area contributed by atoms with Gasteiger partial charge in [-0.15, -0.1) is 12.3 Å². The molecule has 0 aliphatic heterocycles. The van der Waals surface area contributed by atoms with Gasteiger partial charge in [-0.25, -0.2) is 0 Å². The number of hydrogen-bond acceptors (Lipinski definition) is 1. The molecule has 0 fully saturated rings. The van der Waals surface area contributed by atoms with Crippen LogP contribution in [0.2, 0.25) is 0 Å². The Morgan fingerprint density at radius 3 is 1.09 bits per heavy atom. The Balaban J connectivity index is 2.95. The van der Waals surface area contributed by atoms with E-state index < -0.39 is 0 Å². The zero-order chi connectivity index (χ0) is 16.3. The molecule has 0 radical (unpaired) electrons. The van der Waals surface area contributed by atoms with Crippen molar-refractivity contribution in [1.29, 1.82) is 0 Å². The van der Waals surface area contributed by atoms with Crippen molar-refractivity contribution in [3.8, 4) is 0 Å². The molecule has 22 heavy (non-hydrogen) atoms. The first-order valence-corrected chi connectivity index (χ1v) is 10.1. The lowest BCUT2D eigenvalue weighted by Crippen LogP contribution is -2.00. The van der Waals surface area contributed by atoms with E-state index in [0.29, 0.717) is 6.42 Å². The molecular weight excluding hydrogens is 268 g/mol. The number of unbranched alkanes of at least 4 members (excludes halogenated alkanes) is 16. The van der Waals surface area contributed by atoms with Crippen LogP contribution in [-0.2, 0) is 0 Å². The third-order valence-corrected chi connectivity index (χ3v) is 4.56. The molecule has 1 nitrogen and oxygen atoms in total. The molecule has 0 spiro atoms. The van der Waals surface area contributed by atoms with Gasteiger partial charge in [0.1, 0.15) is 0 Å². The average Bonchev–Trinajstić information content (AvgIpc) is 2.50. The van der Waals surface area contributed by atoms with E-state index in [9.17, 15) is 5.11 Å². The molecule has 1 heteroatoms. The van der Waals surface area contributed by atoms with Crippen molar-refractivity contribution in [2.24, 2.45) is 0 Å². The van der Waals surface area contributed by atoms with Gasteiger partial charge in [0, 0.05) is 0 Å². The van der Waals surface area contributed by atoms with Crippen LogP contribution in [0.1, 0.15) is 122 Å². The van der Waals surface area contributed by atoms with Gasteiger partial charge in [-0.05, 0) is 6.42 Å². The second-order valence-electron chi connectivity index (χ2n) is 6.95. The van der Waals surface area contributed by atoms with Crippen LogP contribution >= 0.6 is 0 Å². The molecule has 0 N–H and O–H groups in total. The molecule has 0 saturated heterocycles. The van der Waals surface area contributed by atoms with Crippen LogP contribution in [0, 0.1) is 0 Å². The van der Waals surface area contributed by atoms with Crippen LogP contribution in [0.3, 0.4) is 0 Å². The summed E-state index contributed by atoms with van der Waals surface area (Å²) in [6, 6.07) is 0. The summed E-state index contributed by atoms with van der Waals surface area (Å²) in [5.41, 5.74) is 0. The molecule has 0 aliphatic rings. The molecule has 0 aliphatic carbocycles. The zero-order valence-electron chi connectivity index (χ0n) is 15.3. The quantitative estimate of drug-likeness (QED) is 0.199. The van der Waals surface area contributed by atoms with Gasteiger partial charge in [-0.2, -0.15) is 0 Å². The predicted octanol–water partition coefficient (Wildman–Crippen LogP) is 6.90. The largest absolute Gasteiger partial charge is 0.876 e. The topological polar surface area (TPSA) is 23.1 Å². The molecule has 0 atom stereocenters. The first-order chi connectivity index (χ1) is 10.8. The van der Waals surface area contributed by atoms with Crippen LogP contribution in [0.4, 0.5) is 0 Å². The van der Waals surface area contributed by atoms with Gasteiger partial charge in [0.15, 0.2) is 0 Å². The van der Waals surface area contributed by atoms with Crippen molar-refractivity contribution < 1.29 is 5.11 Å². The van der Waals surface area contributed by atoms with Gasteiger partial charge in [-0.3, -0.25) is 0 Å². The van der Waals surface area contributed by atoms with Crippen molar-refractivity contribution >= 4 is 0 Å². The predicted molar refractivity (Wildman–Crippen MR) is 97.9 cm³/mol. The van der Waals surface area contributed by atoms with Gasteiger partial charge in [0.2, 0.25) is 0 Å². The van der Waals surface area contributed by atoms with E-state index in [1.165, 1.54) is 103 Å². The molecule has 0 heterocycles. The molecule has 0 aromatic heterocycles. The number of allylic oxidation sites excluding steroid dienone is 1. The Morgan fingerprint density at radius 1 is 0.545 bits per heavy atom. The molecular formula is C21H41O-. The fourth-order valence-electron chi connectivity index (χ4n) is 3.05. The summed E-state index contributed by atoms with van der Waals surface area (Å²) < 4.78 is 0. The van der Waals surface area contributed by atoms with Gasteiger partial charge in [-0.1, -0.05) is 116 Å². The lowest BCUT2D eigenvalue weighted by molar-refractivity contribution is -0.306. The van der Waals surface area contributed by atoms with Gasteiger partial charge in [0.25, 0.3) is 0 Å². The molecule has 0 saturated carbocycles. The first kappa shape index (κ1) is 21.5. The van der Waals surface area contributed by atoms with Crippen molar-refractivity contribution in [1.82, 2.24) is 0 Å². The molecule has 0 aromatic rings. The van der Waals surface area contributed by atoms with Crippen molar-refractivity contribution in [3.63, 3.8) is 0 Å². The highest BCUT2D eigenvalue weighted by atomic mass is 16.3. The Kier molecular flexibility index (Phi) is 18.2. The minimum atomic E-state index is 0.0981. The van der Waals surface area contributed by atoms with Gasteiger partial charge >= 0.3 is 0 Å². The Hall–Kier alpha value is -0.460. The van der Waals surface area contributed by atoms with Crippen LogP contribution in [0.25, 0.3) is 0 Å². The van der Waals surface area contributed by atoms with Crippen LogP contribution in [0.5, 0.6) is 0 Å². The minimum Gasteiger partial charge on any atom is -0.876 e. The molecule has 132 valence electrons. The molecule has 0 aromatic carbocycles. The third-order valence-electron chi connectivity index (χ3n) is 4.56. The summed E-state index contributed by atoms with van der Waals surface area (Å²) in [5, 5.41) is 10.7. The molecule has 0 unspecified atom stereocenters. The zero-order valence-corrected chi connectivity index (χ0v) is 15.3. The van der Waals surface area contributed by atoms with Crippen LogP contribution < -0.4 is 5.11 Å². The number of rotatable bonds is 18. The standard InChI is InChI=1S/C21H42O/c1-3-4-5-6-7-8-9-10-11-12-13-14-15-16-17-18-19-20-21(2)22/h22H,2-20H2,1H3/p-1. The second-order valence-corrected chi connectivity index (χ2v) is 6.95. The highest BCUT2D eigenvalue weighted by Gasteiger charge is 1.94. The van der Waals surface area contributed by atoms with E-state index in [0.717, 1.165) is 6.42 Å². The monoisotopic (exact) mass is 309 g/mol. The fourth-order valence-corrected chi connectivity index (χ4v) is 3.05. The Morgan fingerprint density at radius 2 is 0.818 bits per heavy atom. The van der Waals surface area contributed by atoms with E-state index in [-0.39, 0.29) is 5.76 Å². The highest BCUT2D eigenvalue weighted by molar-refractivity contribution is 4.75. The SMILES string of the molecule is C=C([O-])CCCCCCCCCCCCCCCCCCC. The van der Waals surface area contributed by atoms with Crippen LogP contribution in [-0.4, -0.2) is 0 Å². The third kappa shape index (κ3) is 19.5. The maximum Gasteiger partial charge on any atom is -0.0429 e. The van der Waals surface area contributed by atoms with E-state index in [2.05, 4.69) is 13.5 Å². The normalized spacial score (nSPS) is 11.0. The van der Waals surface area contributed by atoms with E-state index >= 15 is 0 Å². The smallest absolute Gasteiger partial charge is 0.0429 e. The lowest BCUT2D eigenvalue weighted by Gasteiger charge is -2.08. The highest BCUT2D eigenvalue weighted by Crippen LogP contribution is 2.14. The number of hydrogen-bond donors (Lipinski definition) is 0. The van der Waals surface area contributed by atoms with Gasteiger partial charge < -0.3 is 5.11 Å². The van der Waals surface area contributed by atoms with E-state index in [1.807, 2.05) is 0 Å². The molecule has 0 amide bonds. The van der Waals surface area contributed by atoms with Crippen molar-refractivity contribution in [2.45, 2.75) is 122 Å². The summed E-state index contributed by atoms with van der Waals surface area (Å²) in [6.45, 7) is 5.69.